The number of rotatable bonds is 9. The third-order valence-electron chi connectivity index (χ3n) is 4.15. The van der Waals surface area contributed by atoms with E-state index in [0.29, 0.717) is 5.69 Å². The molecule has 0 radical (unpaired) electrons. The molecule has 0 bridgehead atoms. The molecule has 0 fully saturated rings. The fraction of sp³-hybridized carbons (Fsp3) is 0.421. The Kier molecular flexibility index (Phi) is 7.41. The third-order valence-corrected chi connectivity index (χ3v) is 6.95. The Morgan fingerprint density at radius 1 is 1.19 bits per heavy atom. The summed E-state index contributed by atoms with van der Waals surface area (Å²) in [7, 11) is -0.877. The maximum Gasteiger partial charge on any atom is 0.304 e. The van der Waals surface area contributed by atoms with Gasteiger partial charge in [0.05, 0.1) is 11.7 Å². The monoisotopic (exact) mass is 409 g/mol. The molecular weight excluding hydrogens is 382 g/mol. The Labute approximate surface area is 166 Å². The maximum atomic E-state index is 12.8. The fourth-order valence-electron chi connectivity index (χ4n) is 2.65. The van der Waals surface area contributed by atoms with E-state index in [0.717, 1.165) is 31.9 Å². The first-order valence-electron chi connectivity index (χ1n) is 8.85. The Bertz CT molecular complexity index is 832. The number of hydrogen-bond acceptors (Lipinski definition) is 4. The minimum absolute atomic E-state index is 0.107. The first-order chi connectivity index (χ1) is 12.8. The number of thiophene rings is 1. The van der Waals surface area contributed by atoms with Crippen molar-refractivity contribution >= 4 is 33.1 Å². The summed E-state index contributed by atoms with van der Waals surface area (Å²) in [5.41, 5.74) is 1.48. The number of hydrogen-bond donors (Lipinski definition) is 1. The zero-order valence-electron chi connectivity index (χ0n) is 16.2. The summed E-state index contributed by atoms with van der Waals surface area (Å²) in [5, 5.41) is 4.96. The fourth-order valence-corrected chi connectivity index (χ4v) is 4.52. The molecule has 2 rings (SSSR count). The van der Waals surface area contributed by atoms with Gasteiger partial charge in [0.2, 0.25) is 5.91 Å². The molecule has 148 valence electrons. The molecular formula is C19H27N3O3S2. The van der Waals surface area contributed by atoms with Crippen LogP contribution in [-0.4, -0.2) is 39.3 Å². The molecule has 0 saturated carbocycles. The average molecular weight is 410 g/mol. The second kappa shape index (κ2) is 9.34. The first kappa shape index (κ1) is 21.4. The van der Waals surface area contributed by atoms with Gasteiger partial charge in [-0.15, -0.1) is 11.3 Å². The van der Waals surface area contributed by atoms with E-state index in [1.54, 1.807) is 23.5 Å². The lowest BCUT2D eigenvalue weighted by molar-refractivity contribution is -0.120. The smallest absolute Gasteiger partial charge is 0.304 e. The van der Waals surface area contributed by atoms with E-state index in [4.69, 9.17) is 0 Å². The highest BCUT2D eigenvalue weighted by Gasteiger charge is 2.28. The summed E-state index contributed by atoms with van der Waals surface area (Å²) < 4.78 is 27.8. The normalized spacial score (nSPS) is 12.8. The third kappa shape index (κ3) is 5.54. The minimum atomic E-state index is -3.79. The molecule has 0 saturated heterocycles. The van der Waals surface area contributed by atoms with Crippen LogP contribution < -0.4 is 9.62 Å². The molecule has 1 aromatic heterocycles. The number of nitrogens with one attached hydrogen (secondary N) is 1. The summed E-state index contributed by atoms with van der Waals surface area (Å²) in [5.74, 6) is -0.326. The molecule has 1 aromatic carbocycles. The summed E-state index contributed by atoms with van der Waals surface area (Å²) in [4.78, 5) is 13.8. The molecule has 0 aliphatic rings. The highest BCUT2D eigenvalue weighted by atomic mass is 32.2. The molecule has 6 nitrogen and oxygen atoms in total. The van der Waals surface area contributed by atoms with Crippen LogP contribution in [0.3, 0.4) is 0 Å². The quantitative estimate of drug-likeness (QED) is 0.691. The number of anilines is 1. The van der Waals surface area contributed by atoms with Crippen LogP contribution in [0.4, 0.5) is 5.69 Å². The molecule has 0 aliphatic carbocycles. The van der Waals surface area contributed by atoms with Gasteiger partial charge in [-0.1, -0.05) is 37.1 Å². The van der Waals surface area contributed by atoms with E-state index in [1.807, 2.05) is 36.6 Å². The van der Waals surface area contributed by atoms with Crippen molar-refractivity contribution in [1.29, 1.82) is 0 Å². The van der Waals surface area contributed by atoms with E-state index in [-0.39, 0.29) is 18.5 Å². The van der Waals surface area contributed by atoms with Crippen molar-refractivity contribution in [2.24, 2.45) is 0 Å². The SMILES string of the molecule is CCC[C@@H](NC(=O)CN(c1ccc(C)cc1)S(=O)(=O)N(C)C)c1cccs1. The average Bonchev–Trinajstić information content (AvgIpc) is 3.14. The Balaban J connectivity index is 2.23. The van der Waals surface area contributed by atoms with Gasteiger partial charge < -0.3 is 5.32 Å². The second-order valence-electron chi connectivity index (χ2n) is 6.56. The highest BCUT2D eigenvalue weighted by Crippen LogP contribution is 2.24. The Morgan fingerprint density at radius 2 is 1.85 bits per heavy atom. The van der Waals surface area contributed by atoms with Gasteiger partial charge >= 0.3 is 10.2 Å². The van der Waals surface area contributed by atoms with Crippen molar-refractivity contribution in [3.63, 3.8) is 0 Å². The van der Waals surface area contributed by atoms with E-state index in [2.05, 4.69) is 12.2 Å². The zero-order chi connectivity index (χ0) is 20.0. The van der Waals surface area contributed by atoms with E-state index in [1.165, 1.54) is 14.1 Å². The predicted molar refractivity (Wildman–Crippen MR) is 111 cm³/mol. The molecule has 1 atom stereocenters. The second-order valence-corrected chi connectivity index (χ2v) is 9.60. The van der Waals surface area contributed by atoms with E-state index < -0.39 is 10.2 Å². The van der Waals surface area contributed by atoms with Gasteiger partial charge in [0.1, 0.15) is 6.54 Å². The highest BCUT2D eigenvalue weighted by molar-refractivity contribution is 7.90. The van der Waals surface area contributed by atoms with Crippen molar-refractivity contribution < 1.29 is 13.2 Å². The maximum absolute atomic E-state index is 12.8. The first-order valence-corrected chi connectivity index (χ1v) is 11.1. The van der Waals surface area contributed by atoms with Gasteiger partial charge in [0.15, 0.2) is 0 Å². The van der Waals surface area contributed by atoms with Crippen LogP contribution >= 0.6 is 11.3 Å². The van der Waals surface area contributed by atoms with Crippen LogP contribution in [0.5, 0.6) is 0 Å². The Hall–Kier alpha value is -1.90. The van der Waals surface area contributed by atoms with Crippen LogP contribution in [0, 0.1) is 6.92 Å². The van der Waals surface area contributed by atoms with Crippen molar-refractivity contribution in [2.75, 3.05) is 24.9 Å². The van der Waals surface area contributed by atoms with E-state index in [9.17, 15) is 13.2 Å². The molecule has 1 heterocycles. The number of nitrogens with zero attached hydrogens (tertiary/aromatic N) is 2. The minimum Gasteiger partial charge on any atom is -0.347 e. The summed E-state index contributed by atoms with van der Waals surface area (Å²) in [6.45, 7) is 3.72. The van der Waals surface area contributed by atoms with Gasteiger partial charge in [0, 0.05) is 19.0 Å². The van der Waals surface area contributed by atoms with Crippen molar-refractivity contribution in [3.8, 4) is 0 Å². The van der Waals surface area contributed by atoms with Gasteiger partial charge in [-0.25, -0.2) is 4.31 Å². The van der Waals surface area contributed by atoms with Gasteiger partial charge in [-0.3, -0.25) is 4.79 Å². The lowest BCUT2D eigenvalue weighted by Crippen LogP contribution is -2.46. The van der Waals surface area contributed by atoms with Crippen molar-refractivity contribution in [2.45, 2.75) is 32.7 Å². The van der Waals surface area contributed by atoms with Crippen LogP contribution in [0.15, 0.2) is 41.8 Å². The molecule has 2 aromatic rings. The lowest BCUT2D eigenvalue weighted by atomic mass is 10.1. The molecule has 1 N–H and O–H groups in total. The molecule has 0 unspecified atom stereocenters. The van der Waals surface area contributed by atoms with Crippen molar-refractivity contribution in [3.05, 3.63) is 52.2 Å². The number of carbonyl (C=O) groups excluding carboxylic acids is 1. The lowest BCUT2D eigenvalue weighted by Gasteiger charge is -2.28. The zero-order valence-corrected chi connectivity index (χ0v) is 17.8. The number of amides is 1. The Morgan fingerprint density at radius 3 is 2.37 bits per heavy atom. The standard InChI is InChI=1S/C19H27N3O3S2/c1-5-7-17(18-8-6-13-26-18)20-19(23)14-22(27(24,25)21(3)4)16-11-9-15(2)10-12-16/h6,8-13,17H,5,7,14H2,1-4H3,(H,20,23)/t17-/m1/s1. The van der Waals surface area contributed by atoms with Gasteiger partial charge in [-0.05, 0) is 36.9 Å². The largest absolute Gasteiger partial charge is 0.347 e. The number of aryl methyl sites for hydroxylation is 1. The van der Waals surface area contributed by atoms with E-state index >= 15 is 0 Å². The van der Waals surface area contributed by atoms with Crippen LogP contribution in [0.25, 0.3) is 0 Å². The molecule has 27 heavy (non-hydrogen) atoms. The van der Waals surface area contributed by atoms with Crippen LogP contribution in [0.1, 0.15) is 36.2 Å². The summed E-state index contributed by atoms with van der Waals surface area (Å²) >= 11 is 1.59. The molecule has 8 heteroatoms. The predicted octanol–water partition coefficient (Wildman–Crippen LogP) is 3.33. The van der Waals surface area contributed by atoms with Crippen LogP contribution in [0.2, 0.25) is 0 Å². The van der Waals surface area contributed by atoms with Crippen LogP contribution in [-0.2, 0) is 15.0 Å². The van der Waals surface area contributed by atoms with Gasteiger partial charge in [-0.2, -0.15) is 12.7 Å². The van der Waals surface area contributed by atoms with Gasteiger partial charge in [0.25, 0.3) is 0 Å². The molecule has 0 aliphatic heterocycles. The summed E-state index contributed by atoms with van der Waals surface area (Å²) in [6, 6.07) is 10.9. The van der Waals surface area contributed by atoms with Crippen molar-refractivity contribution in [1.82, 2.24) is 9.62 Å². The molecule has 1 amide bonds. The number of benzene rings is 1. The molecule has 0 spiro atoms. The number of carbonyl (C=O) groups is 1. The topological polar surface area (TPSA) is 69.7 Å². The summed E-state index contributed by atoms with van der Waals surface area (Å²) in [6.07, 6.45) is 1.72.